The zero-order valence-electron chi connectivity index (χ0n) is 15.6. The molecule has 2 aromatic carbocycles. The number of ether oxygens (including phenoxy) is 1. The largest absolute Gasteiger partial charge is 0.495 e. The quantitative estimate of drug-likeness (QED) is 0.460. The second-order valence-electron chi connectivity index (χ2n) is 5.96. The molecule has 1 aromatic heterocycles. The van der Waals surface area contributed by atoms with Gasteiger partial charge < -0.3 is 10.1 Å². The lowest BCUT2D eigenvalue weighted by molar-refractivity contribution is -0.115. The number of carbonyl (C=O) groups excluding carboxylic acids is 1. The number of fused-ring (bicyclic) bond motifs is 1. The summed E-state index contributed by atoms with van der Waals surface area (Å²) in [6, 6.07) is 12.4. The summed E-state index contributed by atoms with van der Waals surface area (Å²) in [7, 11) is 1.54. The zero-order chi connectivity index (χ0) is 20.1. The standard InChI is InChI=1S/C20H20ClN3O3S/c1-3-24-19(26)14-6-4-5-7-16(14)23-20(24)28-11-10-18(25)22-13-8-9-17(27-2)15(21)12-13/h4-9,12H,3,10-11H2,1-2H3,(H,22,25). The summed E-state index contributed by atoms with van der Waals surface area (Å²) in [6.45, 7) is 2.43. The fraction of sp³-hybridized carbons (Fsp3) is 0.250. The number of nitrogens with zero attached hydrogens (tertiary/aromatic N) is 2. The summed E-state index contributed by atoms with van der Waals surface area (Å²) < 4.78 is 6.73. The van der Waals surface area contributed by atoms with Gasteiger partial charge in [-0.3, -0.25) is 14.2 Å². The van der Waals surface area contributed by atoms with E-state index in [4.69, 9.17) is 16.3 Å². The minimum atomic E-state index is -0.139. The highest BCUT2D eigenvalue weighted by Crippen LogP contribution is 2.27. The van der Waals surface area contributed by atoms with Gasteiger partial charge in [-0.15, -0.1) is 0 Å². The Labute approximate surface area is 171 Å². The number of para-hydroxylation sites is 1. The Kier molecular flexibility index (Phi) is 6.59. The van der Waals surface area contributed by atoms with Crippen LogP contribution in [0.5, 0.6) is 5.75 Å². The number of nitrogens with one attached hydrogen (secondary N) is 1. The van der Waals surface area contributed by atoms with Crippen molar-refractivity contribution in [1.82, 2.24) is 9.55 Å². The number of hydrogen-bond acceptors (Lipinski definition) is 5. The number of benzene rings is 2. The monoisotopic (exact) mass is 417 g/mol. The fourth-order valence-electron chi connectivity index (χ4n) is 2.74. The van der Waals surface area contributed by atoms with E-state index in [1.807, 2.05) is 25.1 Å². The van der Waals surface area contributed by atoms with Gasteiger partial charge in [0.1, 0.15) is 5.75 Å². The van der Waals surface area contributed by atoms with E-state index in [0.717, 1.165) is 0 Å². The fourth-order valence-corrected chi connectivity index (χ4v) is 4.00. The summed E-state index contributed by atoms with van der Waals surface area (Å²) >= 11 is 7.47. The third-order valence-corrected chi connectivity index (χ3v) is 5.41. The van der Waals surface area contributed by atoms with E-state index >= 15 is 0 Å². The van der Waals surface area contributed by atoms with Crippen LogP contribution in [0.15, 0.2) is 52.4 Å². The molecule has 6 nitrogen and oxygen atoms in total. The number of anilines is 1. The van der Waals surface area contributed by atoms with Crippen LogP contribution in [0, 0.1) is 0 Å². The predicted octanol–water partition coefficient (Wildman–Crippen LogP) is 4.20. The van der Waals surface area contributed by atoms with Gasteiger partial charge in [0.25, 0.3) is 5.56 Å². The molecule has 3 aromatic rings. The molecular formula is C20H20ClN3O3S. The van der Waals surface area contributed by atoms with Crippen molar-refractivity contribution in [3.05, 3.63) is 57.8 Å². The van der Waals surface area contributed by atoms with Gasteiger partial charge in [-0.1, -0.05) is 35.5 Å². The van der Waals surface area contributed by atoms with Crippen molar-refractivity contribution < 1.29 is 9.53 Å². The predicted molar refractivity (Wildman–Crippen MR) is 114 cm³/mol. The van der Waals surface area contributed by atoms with Gasteiger partial charge in [0.2, 0.25) is 5.91 Å². The summed E-state index contributed by atoms with van der Waals surface area (Å²) in [4.78, 5) is 29.4. The van der Waals surface area contributed by atoms with Crippen LogP contribution < -0.4 is 15.6 Å². The Morgan fingerprint density at radius 3 is 2.79 bits per heavy atom. The molecule has 0 aliphatic rings. The molecule has 0 fully saturated rings. The number of amides is 1. The first-order valence-electron chi connectivity index (χ1n) is 8.79. The summed E-state index contributed by atoms with van der Waals surface area (Å²) in [5.74, 6) is 0.913. The Morgan fingerprint density at radius 1 is 1.29 bits per heavy atom. The van der Waals surface area contributed by atoms with Crippen molar-refractivity contribution in [2.24, 2.45) is 0 Å². The van der Waals surface area contributed by atoms with Gasteiger partial charge in [-0.05, 0) is 37.3 Å². The minimum Gasteiger partial charge on any atom is -0.495 e. The van der Waals surface area contributed by atoms with Crippen LogP contribution in [-0.2, 0) is 11.3 Å². The van der Waals surface area contributed by atoms with E-state index in [1.54, 1.807) is 28.8 Å². The molecular weight excluding hydrogens is 398 g/mol. The molecule has 1 amide bonds. The van der Waals surface area contributed by atoms with Crippen LogP contribution >= 0.6 is 23.4 Å². The Morgan fingerprint density at radius 2 is 2.07 bits per heavy atom. The van der Waals surface area contributed by atoms with Gasteiger partial charge in [-0.25, -0.2) is 4.98 Å². The number of methoxy groups -OCH3 is 1. The van der Waals surface area contributed by atoms with Crippen molar-refractivity contribution in [2.45, 2.75) is 25.0 Å². The maximum Gasteiger partial charge on any atom is 0.262 e. The Hall–Kier alpha value is -2.51. The normalized spacial score (nSPS) is 10.8. The van der Waals surface area contributed by atoms with Crippen LogP contribution in [0.25, 0.3) is 10.9 Å². The first-order chi connectivity index (χ1) is 13.5. The topological polar surface area (TPSA) is 73.2 Å². The maximum atomic E-state index is 12.6. The van der Waals surface area contributed by atoms with E-state index in [0.29, 0.717) is 44.8 Å². The van der Waals surface area contributed by atoms with Crippen molar-refractivity contribution in [3.63, 3.8) is 0 Å². The highest BCUT2D eigenvalue weighted by molar-refractivity contribution is 7.99. The van der Waals surface area contributed by atoms with Crippen molar-refractivity contribution in [3.8, 4) is 5.75 Å². The van der Waals surface area contributed by atoms with Gasteiger partial charge in [0.05, 0.1) is 23.0 Å². The Balaban J connectivity index is 1.65. The number of thioether (sulfide) groups is 1. The number of hydrogen-bond donors (Lipinski definition) is 1. The molecule has 146 valence electrons. The lowest BCUT2D eigenvalue weighted by Crippen LogP contribution is -2.22. The first kappa shape index (κ1) is 20.2. The van der Waals surface area contributed by atoms with E-state index in [9.17, 15) is 9.59 Å². The molecule has 3 rings (SSSR count). The van der Waals surface area contributed by atoms with Gasteiger partial charge in [-0.2, -0.15) is 0 Å². The van der Waals surface area contributed by atoms with Crippen LogP contribution in [0.4, 0.5) is 5.69 Å². The van der Waals surface area contributed by atoms with Gasteiger partial charge >= 0.3 is 0 Å². The van der Waals surface area contributed by atoms with Crippen LogP contribution in [0.3, 0.4) is 0 Å². The maximum absolute atomic E-state index is 12.6. The summed E-state index contributed by atoms with van der Waals surface area (Å²) in [5, 5.41) is 4.46. The number of rotatable bonds is 7. The van der Waals surface area contributed by atoms with Crippen LogP contribution in [0.2, 0.25) is 5.02 Å². The third-order valence-electron chi connectivity index (χ3n) is 4.14. The molecule has 0 unspecified atom stereocenters. The molecule has 1 N–H and O–H groups in total. The highest BCUT2D eigenvalue weighted by atomic mass is 35.5. The SMILES string of the molecule is CCn1c(SCCC(=O)Nc2ccc(OC)c(Cl)c2)nc2ccccc2c1=O. The molecule has 0 saturated heterocycles. The first-order valence-corrected chi connectivity index (χ1v) is 10.2. The molecule has 28 heavy (non-hydrogen) atoms. The number of halogens is 1. The van der Waals surface area contributed by atoms with Crippen molar-refractivity contribution >= 4 is 45.9 Å². The van der Waals surface area contributed by atoms with Crippen molar-refractivity contribution in [1.29, 1.82) is 0 Å². The van der Waals surface area contributed by atoms with Crippen LogP contribution in [0.1, 0.15) is 13.3 Å². The molecule has 0 atom stereocenters. The lowest BCUT2D eigenvalue weighted by Gasteiger charge is -2.11. The van der Waals surface area contributed by atoms with Gasteiger partial charge in [0.15, 0.2) is 5.16 Å². The number of aromatic nitrogens is 2. The van der Waals surface area contributed by atoms with E-state index in [1.165, 1.54) is 18.9 Å². The van der Waals surface area contributed by atoms with E-state index in [-0.39, 0.29) is 17.9 Å². The molecule has 0 aliphatic heterocycles. The minimum absolute atomic E-state index is 0.0621. The smallest absolute Gasteiger partial charge is 0.262 e. The van der Waals surface area contributed by atoms with E-state index in [2.05, 4.69) is 10.3 Å². The number of carbonyl (C=O) groups is 1. The molecule has 8 heteroatoms. The average molecular weight is 418 g/mol. The second kappa shape index (κ2) is 9.12. The molecule has 0 radical (unpaired) electrons. The highest BCUT2D eigenvalue weighted by Gasteiger charge is 2.11. The van der Waals surface area contributed by atoms with Crippen molar-refractivity contribution in [2.75, 3.05) is 18.2 Å². The van der Waals surface area contributed by atoms with E-state index < -0.39 is 0 Å². The summed E-state index contributed by atoms with van der Waals surface area (Å²) in [5.41, 5.74) is 1.21. The molecule has 0 spiro atoms. The average Bonchev–Trinajstić information content (AvgIpc) is 2.68. The molecule has 1 heterocycles. The second-order valence-corrected chi connectivity index (χ2v) is 7.43. The molecule has 0 aliphatic carbocycles. The van der Waals surface area contributed by atoms with Crippen LogP contribution in [-0.4, -0.2) is 28.3 Å². The summed E-state index contributed by atoms with van der Waals surface area (Å²) in [6.07, 6.45) is 0.278. The lowest BCUT2D eigenvalue weighted by atomic mass is 10.2. The Bertz CT molecular complexity index is 1070. The molecule has 0 saturated carbocycles. The third kappa shape index (κ3) is 4.48. The zero-order valence-corrected chi connectivity index (χ0v) is 17.1. The van der Waals surface area contributed by atoms with Gasteiger partial charge in [0, 0.05) is 24.4 Å². The molecule has 0 bridgehead atoms.